The number of nitrogens with zero attached hydrogens (tertiary/aromatic N) is 16. The first kappa shape index (κ1) is 69.3. The lowest BCUT2D eigenvalue weighted by Gasteiger charge is -2.25. The fourth-order valence-electron chi connectivity index (χ4n) is 14.5. The fraction of sp³-hybridized carbons (Fsp3) is 0.600. The van der Waals surface area contributed by atoms with Crippen molar-refractivity contribution in [3.63, 3.8) is 0 Å². The normalized spacial score (nSPS) is 22.7. The molecule has 15 rings (SSSR count). The van der Waals surface area contributed by atoms with Crippen LogP contribution < -0.4 is 16.0 Å². The van der Waals surface area contributed by atoms with Crippen molar-refractivity contribution >= 4 is 34.4 Å². The molecule has 9 aromatic rings. The number of aliphatic hydroxyl groups is 3. The molecular formula is C70H90F5N19O5. The number of hydrogen-bond donors (Lipinski definition) is 6. The minimum absolute atomic E-state index is 0.0869. The van der Waals surface area contributed by atoms with Gasteiger partial charge in [-0.15, -0.1) is 15.3 Å². The molecule has 530 valence electrons. The summed E-state index contributed by atoms with van der Waals surface area (Å²) < 4.78 is 84.3. The molecule has 0 bridgehead atoms. The van der Waals surface area contributed by atoms with Crippen molar-refractivity contribution in [2.24, 2.45) is 5.41 Å². The number of aromatic nitrogens is 15. The van der Waals surface area contributed by atoms with Gasteiger partial charge < -0.3 is 40.7 Å². The second-order valence-corrected chi connectivity index (χ2v) is 28.5. The molecule has 3 atom stereocenters. The summed E-state index contributed by atoms with van der Waals surface area (Å²) in [5.74, 6) is 1.91. The van der Waals surface area contributed by atoms with E-state index in [-0.39, 0.29) is 60.2 Å². The molecule has 0 unspecified atom stereocenters. The van der Waals surface area contributed by atoms with Crippen LogP contribution in [0.4, 0.5) is 39.8 Å². The average Bonchev–Trinajstić information content (AvgIpc) is 1.64. The maximum atomic E-state index is 12.8. The first-order valence-electron chi connectivity index (χ1n) is 35.2. The van der Waals surface area contributed by atoms with Gasteiger partial charge in [0.25, 0.3) is 0 Å². The van der Waals surface area contributed by atoms with Gasteiger partial charge in [0.05, 0.1) is 122 Å². The van der Waals surface area contributed by atoms with Crippen LogP contribution in [-0.4, -0.2) is 158 Å². The van der Waals surface area contributed by atoms with E-state index in [1.54, 1.807) is 26.4 Å². The zero-order chi connectivity index (χ0) is 69.1. The highest BCUT2D eigenvalue weighted by atomic mass is 19.4. The zero-order valence-electron chi connectivity index (χ0n) is 56.5. The Balaban J connectivity index is 0.000000133. The highest BCUT2D eigenvalue weighted by molar-refractivity contribution is 5.83. The Bertz CT molecular complexity index is 4210. The molecule has 99 heavy (non-hydrogen) atoms. The van der Waals surface area contributed by atoms with Gasteiger partial charge in [0.2, 0.25) is 17.8 Å². The number of aliphatic hydroxyl groups excluding tert-OH is 3. The number of anilines is 3. The summed E-state index contributed by atoms with van der Waals surface area (Å²) in [6.07, 6.45) is 30.1. The minimum Gasteiger partial charge on any atom is -0.393 e. The molecular weight excluding hydrogens is 1280 g/mol. The van der Waals surface area contributed by atoms with E-state index in [1.807, 2.05) is 60.8 Å². The van der Waals surface area contributed by atoms with Crippen molar-refractivity contribution in [1.29, 1.82) is 5.26 Å². The lowest BCUT2D eigenvalue weighted by atomic mass is 9.85. The van der Waals surface area contributed by atoms with E-state index in [1.165, 1.54) is 32.6 Å². The topological polar surface area (TPSA) is 283 Å². The first-order chi connectivity index (χ1) is 47.7. The van der Waals surface area contributed by atoms with Crippen molar-refractivity contribution in [1.82, 2.24) is 73.1 Å². The van der Waals surface area contributed by atoms with Crippen LogP contribution >= 0.6 is 0 Å². The average molecular weight is 1370 g/mol. The standard InChI is InChI=1S/C24H31N7O2.C23H29F3N6O.C23H30F2N6O2/c1-16(13-33-2)28-23-26-11-22-20(18-10-27-30(12-18)15-24(14-25)7-8-24)9-21(31(22)29-23)17-3-5-19(32)6-4-17;1-14(10-23(24,25)26)29-22-27-12-21-19(16-11-28-31(13-16)17-3-2-4-17)9-20(32(21)30-22)15-5-7-18(33)8-6-15;1-14(13-33-22(24)25)28-23-26-11-21-19(16-10-27-30(12-16)17-3-2-4-17)9-20(31(21)29-23)15-5-7-18(32)8-6-15/h9-12,16-17,19,32H,3-8,13,15H2,1-2H3,(H,28,29);9,11-15,17-18,33H,2-8,10H2,1H3,(H,29,30);9-12,14-15,17-18,22,32H,2-8,13H2,1H3,(H,28,29)/t16-,17?,19?;2*14-,15?,18?/m000/s1. The Kier molecular flexibility index (Phi) is 21.0. The van der Waals surface area contributed by atoms with Crippen LogP contribution in [0.3, 0.4) is 0 Å². The number of halogens is 5. The molecule has 29 heteroatoms. The largest absolute Gasteiger partial charge is 0.393 e. The number of rotatable bonds is 22. The van der Waals surface area contributed by atoms with Gasteiger partial charge >= 0.3 is 12.8 Å². The molecule has 0 radical (unpaired) electrons. The summed E-state index contributed by atoms with van der Waals surface area (Å²) in [4.78, 5) is 13.3. The van der Waals surface area contributed by atoms with E-state index in [0.29, 0.717) is 43.0 Å². The molecule has 0 aromatic carbocycles. The minimum atomic E-state index is -4.26. The summed E-state index contributed by atoms with van der Waals surface area (Å²) in [5, 5.41) is 76.3. The molecule has 0 saturated heterocycles. The number of methoxy groups -OCH3 is 1. The third-order valence-corrected chi connectivity index (χ3v) is 20.8. The van der Waals surface area contributed by atoms with E-state index in [2.05, 4.69) is 97.4 Å². The fourth-order valence-corrected chi connectivity index (χ4v) is 14.5. The van der Waals surface area contributed by atoms with Gasteiger partial charge in [0.1, 0.15) is 0 Å². The number of nitrogens with one attached hydrogen (secondary N) is 3. The quantitative estimate of drug-likeness (QED) is 0.0344. The van der Waals surface area contributed by atoms with Crippen LogP contribution in [0.25, 0.3) is 49.9 Å². The lowest BCUT2D eigenvalue weighted by Crippen LogP contribution is -2.25. The molecule has 0 amide bonds. The van der Waals surface area contributed by atoms with Crippen molar-refractivity contribution in [3.8, 4) is 39.4 Å². The molecule has 9 aromatic heterocycles. The van der Waals surface area contributed by atoms with Gasteiger partial charge in [-0.25, -0.2) is 28.5 Å². The summed E-state index contributed by atoms with van der Waals surface area (Å²) in [7, 11) is 1.68. The molecule has 0 aliphatic heterocycles. The molecule has 24 nitrogen and oxygen atoms in total. The van der Waals surface area contributed by atoms with Gasteiger partial charge in [-0.2, -0.15) is 42.5 Å². The Hall–Kier alpha value is -8.17. The van der Waals surface area contributed by atoms with Gasteiger partial charge in [-0.1, -0.05) is 0 Å². The Morgan fingerprint density at radius 3 is 1.28 bits per heavy atom. The predicted molar refractivity (Wildman–Crippen MR) is 361 cm³/mol. The van der Waals surface area contributed by atoms with Crippen LogP contribution in [0, 0.1) is 16.7 Å². The third-order valence-electron chi connectivity index (χ3n) is 20.8. The zero-order valence-corrected chi connectivity index (χ0v) is 56.5. The van der Waals surface area contributed by atoms with Gasteiger partial charge in [-0.3, -0.25) is 14.0 Å². The number of fused-ring (bicyclic) bond motifs is 3. The second kappa shape index (κ2) is 30.0. The molecule has 0 spiro atoms. The van der Waals surface area contributed by atoms with Crippen LogP contribution in [0.2, 0.25) is 0 Å². The Morgan fingerprint density at radius 1 is 0.545 bits per heavy atom. The van der Waals surface area contributed by atoms with Crippen molar-refractivity contribution in [3.05, 3.63) is 91.1 Å². The maximum absolute atomic E-state index is 12.8. The van der Waals surface area contributed by atoms with Crippen molar-refractivity contribution in [2.75, 3.05) is 36.3 Å². The smallest absolute Gasteiger partial charge is 0.391 e. The van der Waals surface area contributed by atoms with Crippen LogP contribution in [-0.2, 0) is 16.0 Å². The number of nitriles is 1. The van der Waals surface area contributed by atoms with E-state index >= 15 is 0 Å². The van der Waals surface area contributed by atoms with Crippen LogP contribution in [0.5, 0.6) is 0 Å². The SMILES string of the molecule is COC[C@H](C)Nc1ncc2c(-c3cnn(CC4(C#N)CC4)c3)cc(C3CCC(O)CC3)n2n1.C[C@@H](CC(F)(F)F)Nc1ncc2c(-c3cnn(C4CCC4)c3)cc(C3CCC(O)CC3)n2n1.C[C@@H](COC(F)F)Nc1ncc2c(-c3cnn(C4CCC4)c3)cc(C3CCC(O)CC3)n2n1. The molecule has 6 aliphatic carbocycles. The van der Waals surface area contributed by atoms with Crippen LogP contribution in [0.15, 0.2) is 74.0 Å². The number of ether oxygens (including phenoxy) is 2. The van der Waals surface area contributed by atoms with E-state index in [0.717, 1.165) is 170 Å². The van der Waals surface area contributed by atoms with Gasteiger partial charge in [-0.05, 0) is 167 Å². The van der Waals surface area contributed by atoms with E-state index in [4.69, 9.17) is 14.9 Å². The summed E-state index contributed by atoms with van der Waals surface area (Å²) >= 11 is 0. The molecule has 9 heterocycles. The Morgan fingerprint density at radius 2 is 0.929 bits per heavy atom. The van der Waals surface area contributed by atoms with Crippen molar-refractivity contribution < 1.29 is 46.7 Å². The van der Waals surface area contributed by atoms with Gasteiger partial charge in [0.15, 0.2) is 0 Å². The van der Waals surface area contributed by atoms with Gasteiger partial charge in [0, 0.05) is 112 Å². The summed E-state index contributed by atoms with van der Waals surface area (Å²) in [6.45, 7) is 3.49. The highest BCUT2D eigenvalue weighted by Gasteiger charge is 2.44. The molecule has 6 aliphatic rings. The monoisotopic (exact) mass is 1370 g/mol. The molecule has 6 saturated carbocycles. The summed E-state index contributed by atoms with van der Waals surface area (Å²) in [5.41, 5.74) is 11.6. The van der Waals surface area contributed by atoms with E-state index in [9.17, 15) is 42.5 Å². The number of hydrogen-bond acceptors (Lipinski definition) is 18. The van der Waals surface area contributed by atoms with Crippen molar-refractivity contribution in [2.45, 2.75) is 241 Å². The number of alkyl halides is 5. The Labute approximate surface area is 570 Å². The molecule has 6 fully saturated rings. The van der Waals surface area contributed by atoms with E-state index < -0.39 is 25.3 Å². The first-order valence-corrected chi connectivity index (χ1v) is 35.2. The van der Waals surface area contributed by atoms with Crippen LogP contribution in [0.1, 0.15) is 203 Å². The predicted octanol–water partition coefficient (Wildman–Crippen LogP) is 12.8. The highest BCUT2D eigenvalue weighted by Crippen LogP contribution is 2.47. The molecule has 6 N–H and O–H groups in total. The maximum Gasteiger partial charge on any atom is 0.391 e. The summed E-state index contributed by atoms with van der Waals surface area (Å²) in [6, 6.07) is 8.72. The third kappa shape index (κ3) is 16.4. The lowest BCUT2D eigenvalue weighted by molar-refractivity contribution is -0.136. The second-order valence-electron chi connectivity index (χ2n) is 28.5.